The van der Waals surface area contributed by atoms with Crippen molar-refractivity contribution in [3.63, 3.8) is 0 Å². The van der Waals surface area contributed by atoms with Gasteiger partial charge in [0.25, 0.3) is 5.91 Å². The summed E-state index contributed by atoms with van der Waals surface area (Å²) in [6.07, 6.45) is 6.97. The van der Waals surface area contributed by atoms with E-state index < -0.39 is 0 Å². The molecule has 130 valence electrons. The summed E-state index contributed by atoms with van der Waals surface area (Å²) in [7, 11) is 0. The van der Waals surface area contributed by atoms with Gasteiger partial charge in [0.05, 0.1) is 24.9 Å². The number of furan rings is 1. The van der Waals surface area contributed by atoms with Crippen LogP contribution in [-0.2, 0) is 19.5 Å². The lowest BCUT2D eigenvalue weighted by Crippen LogP contribution is -2.29. The third-order valence-electron chi connectivity index (χ3n) is 4.19. The first-order chi connectivity index (χ1) is 11.8. The van der Waals surface area contributed by atoms with Crippen LogP contribution in [0.2, 0.25) is 0 Å². The average molecular weight is 332 g/mol. The minimum atomic E-state index is -0.178. The van der Waals surface area contributed by atoms with E-state index in [4.69, 9.17) is 8.94 Å². The zero-order valence-corrected chi connectivity index (χ0v) is 14.1. The molecule has 0 saturated carbocycles. The number of piperidine rings is 1. The van der Waals surface area contributed by atoms with Crippen LogP contribution in [0.15, 0.2) is 21.3 Å². The molecule has 0 atom stereocenters. The van der Waals surface area contributed by atoms with Gasteiger partial charge in [0, 0.05) is 6.42 Å². The van der Waals surface area contributed by atoms with Crippen LogP contribution in [0.4, 0.5) is 0 Å². The fourth-order valence-corrected chi connectivity index (χ4v) is 2.96. The van der Waals surface area contributed by atoms with Gasteiger partial charge in [-0.15, -0.1) is 0 Å². The zero-order valence-electron chi connectivity index (χ0n) is 14.1. The first-order valence-corrected chi connectivity index (χ1v) is 8.64. The molecule has 0 aromatic carbocycles. The number of hydrogen-bond donors (Lipinski definition) is 1. The molecule has 24 heavy (non-hydrogen) atoms. The number of rotatable bonds is 7. The summed E-state index contributed by atoms with van der Waals surface area (Å²) >= 11 is 0. The van der Waals surface area contributed by atoms with Crippen molar-refractivity contribution in [2.24, 2.45) is 0 Å². The number of nitrogens with one attached hydrogen (secondary N) is 1. The summed E-state index contributed by atoms with van der Waals surface area (Å²) in [5, 5.41) is 6.81. The first kappa shape index (κ1) is 16.7. The van der Waals surface area contributed by atoms with E-state index in [1.165, 1.54) is 19.3 Å². The molecular formula is C17H24N4O3. The second-order valence-corrected chi connectivity index (χ2v) is 6.13. The molecule has 2 aromatic rings. The van der Waals surface area contributed by atoms with E-state index in [0.717, 1.165) is 25.9 Å². The van der Waals surface area contributed by atoms with Gasteiger partial charge in [0.1, 0.15) is 5.76 Å². The van der Waals surface area contributed by atoms with Gasteiger partial charge in [-0.25, -0.2) is 0 Å². The van der Waals surface area contributed by atoms with Gasteiger partial charge in [-0.3, -0.25) is 9.69 Å². The molecule has 0 unspecified atom stereocenters. The summed E-state index contributed by atoms with van der Waals surface area (Å²) in [4.78, 5) is 18.9. The number of aromatic nitrogens is 2. The number of likely N-dealkylation sites (tertiary alicyclic amines) is 1. The molecule has 1 aliphatic rings. The third-order valence-corrected chi connectivity index (χ3v) is 4.19. The van der Waals surface area contributed by atoms with Gasteiger partial charge in [-0.05, 0) is 38.4 Å². The molecule has 0 spiro atoms. The second kappa shape index (κ2) is 8.10. The second-order valence-electron chi connectivity index (χ2n) is 6.13. The monoisotopic (exact) mass is 332 g/mol. The summed E-state index contributed by atoms with van der Waals surface area (Å²) in [6, 6.07) is 1.69. The highest BCUT2D eigenvalue weighted by Crippen LogP contribution is 2.13. The molecule has 3 rings (SSSR count). The Kier molecular flexibility index (Phi) is 5.63. The fraction of sp³-hybridized carbons (Fsp3) is 0.588. The Morgan fingerprint density at radius 3 is 2.96 bits per heavy atom. The molecule has 0 bridgehead atoms. The van der Waals surface area contributed by atoms with E-state index in [-0.39, 0.29) is 12.5 Å². The SMILES string of the molecule is CCCc1occc1C(=O)NCc1nc(CN2CCCCC2)no1. The smallest absolute Gasteiger partial charge is 0.255 e. The Labute approximate surface area is 141 Å². The molecule has 7 nitrogen and oxygen atoms in total. The number of nitrogens with zero attached hydrogens (tertiary/aromatic N) is 3. The van der Waals surface area contributed by atoms with Crippen molar-refractivity contribution in [1.82, 2.24) is 20.4 Å². The molecular weight excluding hydrogens is 308 g/mol. The van der Waals surface area contributed by atoms with Gasteiger partial charge in [-0.1, -0.05) is 18.5 Å². The van der Waals surface area contributed by atoms with Crippen molar-refractivity contribution in [3.8, 4) is 0 Å². The normalized spacial score (nSPS) is 15.5. The zero-order chi connectivity index (χ0) is 16.8. The molecule has 1 aliphatic heterocycles. The Balaban J connectivity index is 1.51. The van der Waals surface area contributed by atoms with Crippen molar-refractivity contribution in [2.75, 3.05) is 13.1 Å². The lowest BCUT2D eigenvalue weighted by molar-refractivity contribution is 0.0944. The minimum absolute atomic E-state index is 0.178. The van der Waals surface area contributed by atoms with Crippen LogP contribution in [0.1, 0.15) is 60.4 Å². The quantitative estimate of drug-likeness (QED) is 0.839. The Morgan fingerprint density at radius 1 is 1.33 bits per heavy atom. The maximum Gasteiger partial charge on any atom is 0.255 e. The molecule has 1 amide bonds. The van der Waals surface area contributed by atoms with Gasteiger partial charge >= 0.3 is 0 Å². The number of hydrogen-bond acceptors (Lipinski definition) is 6. The Bertz CT molecular complexity index is 658. The van der Waals surface area contributed by atoms with E-state index in [1.54, 1.807) is 12.3 Å². The minimum Gasteiger partial charge on any atom is -0.469 e. The van der Waals surface area contributed by atoms with E-state index >= 15 is 0 Å². The van der Waals surface area contributed by atoms with Crippen LogP contribution in [-0.4, -0.2) is 34.0 Å². The number of amides is 1. The van der Waals surface area contributed by atoms with Crippen LogP contribution in [0.3, 0.4) is 0 Å². The van der Waals surface area contributed by atoms with Crippen molar-refractivity contribution < 1.29 is 13.7 Å². The fourth-order valence-electron chi connectivity index (χ4n) is 2.96. The average Bonchev–Trinajstić information content (AvgIpc) is 3.23. The predicted octanol–water partition coefficient (Wildman–Crippen LogP) is 2.53. The van der Waals surface area contributed by atoms with Crippen molar-refractivity contribution in [2.45, 2.75) is 52.1 Å². The Morgan fingerprint density at radius 2 is 2.17 bits per heavy atom. The third kappa shape index (κ3) is 4.23. The number of carbonyl (C=O) groups excluding carboxylic acids is 1. The molecule has 1 N–H and O–H groups in total. The molecule has 1 saturated heterocycles. The molecule has 7 heteroatoms. The van der Waals surface area contributed by atoms with E-state index in [9.17, 15) is 4.79 Å². The summed E-state index contributed by atoms with van der Waals surface area (Å²) in [6.45, 7) is 5.15. The largest absolute Gasteiger partial charge is 0.469 e. The molecule has 1 fully saturated rings. The first-order valence-electron chi connectivity index (χ1n) is 8.64. The van der Waals surface area contributed by atoms with Gasteiger partial charge < -0.3 is 14.3 Å². The number of aryl methyl sites for hydroxylation is 1. The highest BCUT2D eigenvalue weighted by atomic mass is 16.5. The summed E-state index contributed by atoms with van der Waals surface area (Å²) in [5.41, 5.74) is 0.574. The lowest BCUT2D eigenvalue weighted by Gasteiger charge is -2.24. The lowest BCUT2D eigenvalue weighted by atomic mass is 10.1. The highest BCUT2D eigenvalue weighted by molar-refractivity contribution is 5.95. The maximum absolute atomic E-state index is 12.2. The van der Waals surface area contributed by atoms with E-state index in [2.05, 4.69) is 20.4 Å². The van der Waals surface area contributed by atoms with Crippen molar-refractivity contribution in [1.29, 1.82) is 0 Å². The van der Waals surface area contributed by atoms with Gasteiger partial charge in [-0.2, -0.15) is 4.98 Å². The highest BCUT2D eigenvalue weighted by Gasteiger charge is 2.17. The maximum atomic E-state index is 12.2. The van der Waals surface area contributed by atoms with Crippen LogP contribution in [0.5, 0.6) is 0 Å². The Hall–Kier alpha value is -2.15. The topological polar surface area (TPSA) is 84.4 Å². The van der Waals surface area contributed by atoms with Crippen LogP contribution < -0.4 is 5.32 Å². The van der Waals surface area contributed by atoms with Gasteiger partial charge in [0.2, 0.25) is 5.89 Å². The van der Waals surface area contributed by atoms with Gasteiger partial charge in [0.15, 0.2) is 5.82 Å². The standard InChI is InChI=1S/C17H24N4O3/c1-2-6-14-13(7-10-23-14)17(22)18-11-16-19-15(20-24-16)12-21-8-4-3-5-9-21/h7,10H,2-6,8-9,11-12H2,1H3,(H,18,22). The molecule has 2 aromatic heterocycles. The van der Waals surface area contributed by atoms with Crippen LogP contribution in [0.25, 0.3) is 0 Å². The number of carbonyl (C=O) groups is 1. The molecule has 0 aliphatic carbocycles. The van der Waals surface area contributed by atoms with Crippen molar-refractivity contribution >= 4 is 5.91 Å². The van der Waals surface area contributed by atoms with Crippen molar-refractivity contribution in [3.05, 3.63) is 35.4 Å². The van der Waals surface area contributed by atoms with Crippen LogP contribution >= 0.6 is 0 Å². The molecule has 3 heterocycles. The van der Waals surface area contributed by atoms with E-state index in [1.807, 2.05) is 6.92 Å². The summed E-state index contributed by atoms with van der Waals surface area (Å²) in [5.74, 6) is 1.64. The summed E-state index contributed by atoms with van der Waals surface area (Å²) < 4.78 is 10.6. The molecule has 0 radical (unpaired) electrons. The van der Waals surface area contributed by atoms with E-state index in [0.29, 0.717) is 29.6 Å². The predicted molar refractivity (Wildman–Crippen MR) is 87.3 cm³/mol. The van der Waals surface area contributed by atoms with Crippen LogP contribution in [0, 0.1) is 0 Å².